The van der Waals surface area contributed by atoms with Crippen molar-refractivity contribution < 1.29 is 4.79 Å². The van der Waals surface area contributed by atoms with Crippen LogP contribution in [-0.2, 0) is 16.8 Å². The lowest BCUT2D eigenvalue weighted by Crippen LogP contribution is -2.40. The van der Waals surface area contributed by atoms with Gasteiger partial charge in [0.05, 0.1) is 6.04 Å². The topological polar surface area (TPSA) is 45.2 Å². The van der Waals surface area contributed by atoms with E-state index in [2.05, 4.69) is 46.4 Å². The molecule has 5 heteroatoms. The van der Waals surface area contributed by atoms with Gasteiger partial charge >= 0.3 is 0 Å². The Kier molecular flexibility index (Phi) is 5.42. The van der Waals surface area contributed by atoms with E-state index in [1.807, 2.05) is 12.4 Å². The molecule has 2 aliphatic heterocycles. The number of carbonyl (C=O) groups is 1. The van der Waals surface area contributed by atoms with Crippen LogP contribution in [0.5, 0.6) is 0 Å². The van der Waals surface area contributed by atoms with Crippen LogP contribution in [0.2, 0.25) is 5.02 Å². The molecule has 3 aliphatic rings. The van der Waals surface area contributed by atoms with E-state index in [9.17, 15) is 4.79 Å². The summed E-state index contributed by atoms with van der Waals surface area (Å²) in [5.74, 6) is 1.28. The highest BCUT2D eigenvalue weighted by molar-refractivity contribution is 6.31. The van der Waals surface area contributed by atoms with Crippen molar-refractivity contribution in [3.05, 3.63) is 63.9 Å². The summed E-state index contributed by atoms with van der Waals surface area (Å²) < 4.78 is 0. The van der Waals surface area contributed by atoms with Crippen LogP contribution in [0.1, 0.15) is 60.9 Å². The van der Waals surface area contributed by atoms with E-state index >= 15 is 0 Å². The quantitative estimate of drug-likeness (QED) is 0.694. The Balaban J connectivity index is 1.58. The molecule has 30 heavy (non-hydrogen) atoms. The van der Waals surface area contributed by atoms with Crippen LogP contribution in [0.25, 0.3) is 0 Å². The second kappa shape index (κ2) is 8.07. The van der Waals surface area contributed by atoms with E-state index in [-0.39, 0.29) is 11.5 Å². The van der Waals surface area contributed by atoms with Crippen LogP contribution in [0, 0.1) is 11.8 Å². The van der Waals surface area contributed by atoms with Crippen LogP contribution in [0.4, 0.5) is 0 Å². The van der Waals surface area contributed by atoms with Gasteiger partial charge < -0.3 is 10.1 Å². The molecule has 5 rings (SSSR count). The Morgan fingerprint density at radius 1 is 1.17 bits per heavy atom. The molecular weight excluding hydrogens is 394 g/mol. The maximum atomic E-state index is 12.0. The van der Waals surface area contributed by atoms with Gasteiger partial charge in [-0.2, -0.15) is 0 Å². The summed E-state index contributed by atoms with van der Waals surface area (Å²) in [6.45, 7) is 6.28. The molecule has 0 spiro atoms. The summed E-state index contributed by atoms with van der Waals surface area (Å²) in [4.78, 5) is 18.5. The normalized spacial score (nSPS) is 24.4. The fourth-order valence-corrected chi connectivity index (χ4v) is 5.99. The van der Waals surface area contributed by atoms with Gasteiger partial charge in [0.15, 0.2) is 0 Å². The van der Waals surface area contributed by atoms with Crippen LogP contribution >= 0.6 is 11.6 Å². The van der Waals surface area contributed by atoms with Crippen molar-refractivity contribution in [2.24, 2.45) is 11.8 Å². The van der Waals surface area contributed by atoms with Crippen molar-refractivity contribution in [3.63, 3.8) is 0 Å². The van der Waals surface area contributed by atoms with Crippen molar-refractivity contribution in [2.75, 3.05) is 19.6 Å². The van der Waals surface area contributed by atoms with Gasteiger partial charge in [-0.1, -0.05) is 24.6 Å². The van der Waals surface area contributed by atoms with Gasteiger partial charge in [-0.05, 0) is 91.1 Å². The number of rotatable bonds is 6. The lowest BCUT2D eigenvalue weighted by atomic mass is 9.64. The van der Waals surface area contributed by atoms with E-state index in [0.717, 1.165) is 61.8 Å². The summed E-state index contributed by atoms with van der Waals surface area (Å²) in [5.41, 5.74) is 4.68. The third-order valence-corrected chi connectivity index (χ3v) is 7.94. The number of fused-ring (bicyclic) bond motifs is 1. The Labute approximate surface area is 184 Å². The first-order chi connectivity index (χ1) is 14.6. The van der Waals surface area contributed by atoms with Gasteiger partial charge in [-0.3, -0.25) is 9.88 Å². The first-order valence-corrected chi connectivity index (χ1v) is 11.6. The molecule has 0 amide bonds. The van der Waals surface area contributed by atoms with Crippen LogP contribution in [0.3, 0.4) is 0 Å². The van der Waals surface area contributed by atoms with Crippen molar-refractivity contribution in [2.45, 2.75) is 50.6 Å². The average molecular weight is 424 g/mol. The number of halogens is 1. The van der Waals surface area contributed by atoms with Gasteiger partial charge in [0.1, 0.15) is 6.29 Å². The molecular formula is C25H30ClN3O. The number of aldehydes is 1. The Bertz CT molecular complexity index is 923. The van der Waals surface area contributed by atoms with Gasteiger partial charge in [0.25, 0.3) is 0 Å². The van der Waals surface area contributed by atoms with Gasteiger partial charge in [0, 0.05) is 35.9 Å². The predicted molar refractivity (Wildman–Crippen MR) is 120 cm³/mol. The zero-order valence-corrected chi connectivity index (χ0v) is 18.4. The summed E-state index contributed by atoms with van der Waals surface area (Å²) in [7, 11) is 0. The molecule has 3 heterocycles. The fraction of sp³-hybridized carbons (Fsp3) is 0.520. The van der Waals surface area contributed by atoms with E-state index < -0.39 is 0 Å². The molecule has 158 valence electrons. The van der Waals surface area contributed by atoms with Crippen LogP contribution < -0.4 is 5.32 Å². The highest BCUT2D eigenvalue weighted by atomic mass is 35.5. The SMILES string of the molecule is CC(c1ccncc1)(c1cc(Cl)c2c(c1)CN(CC1CC1)C2C=O)C1CCNCC1. The van der Waals surface area contributed by atoms with Gasteiger partial charge in [-0.25, -0.2) is 0 Å². The molecule has 1 aliphatic carbocycles. The minimum atomic E-state index is -0.201. The minimum Gasteiger partial charge on any atom is -0.317 e. The number of hydrogen-bond donors (Lipinski definition) is 1. The first-order valence-electron chi connectivity index (χ1n) is 11.2. The lowest BCUT2D eigenvalue weighted by Gasteiger charge is -2.41. The van der Waals surface area contributed by atoms with E-state index in [1.54, 1.807) is 0 Å². The first kappa shape index (κ1) is 20.2. The summed E-state index contributed by atoms with van der Waals surface area (Å²) in [6, 6.07) is 8.58. The highest BCUT2D eigenvalue weighted by Crippen LogP contribution is 2.47. The number of aromatic nitrogens is 1. The molecule has 1 saturated heterocycles. The summed E-state index contributed by atoms with van der Waals surface area (Å²) in [6.07, 6.45) is 9.71. The second-order valence-electron chi connectivity index (χ2n) is 9.45. The minimum absolute atomic E-state index is 0.135. The molecule has 2 atom stereocenters. The predicted octanol–water partition coefficient (Wildman–Crippen LogP) is 4.51. The number of pyridine rings is 1. The highest BCUT2D eigenvalue weighted by Gasteiger charge is 2.41. The molecule has 2 unspecified atom stereocenters. The number of benzene rings is 1. The van der Waals surface area contributed by atoms with Crippen molar-refractivity contribution in [3.8, 4) is 0 Å². The molecule has 4 nitrogen and oxygen atoms in total. The molecule has 0 radical (unpaired) electrons. The Morgan fingerprint density at radius 3 is 2.57 bits per heavy atom. The molecule has 2 aromatic rings. The van der Waals surface area contributed by atoms with Crippen molar-refractivity contribution in [1.82, 2.24) is 15.2 Å². The molecule has 2 fully saturated rings. The molecule has 1 aromatic carbocycles. The Hall–Kier alpha value is -1.75. The largest absolute Gasteiger partial charge is 0.317 e. The third-order valence-electron chi connectivity index (χ3n) is 7.63. The second-order valence-corrected chi connectivity index (χ2v) is 9.85. The number of hydrogen-bond acceptors (Lipinski definition) is 4. The summed E-state index contributed by atoms with van der Waals surface area (Å²) in [5, 5.41) is 4.24. The van der Waals surface area contributed by atoms with Crippen molar-refractivity contribution in [1.29, 1.82) is 0 Å². The maximum Gasteiger partial charge on any atom is 0.141 e. The average Bonchev–Trinajstić information content (AvgIpc) is 3.53. The third kappa shape index (κ3) is 3.49. The molecule has 0 bridgehead atoms. The van der Waals surface area contributed by atoms with Gasteiger partial charge in [-0.15, -0.1) is 0 Å². The van der Waals surface area contributed by atoms with E-state index in [4.69, 9.17) is 11.6 Å². The zero-order chi connectivity index (χ0) is 20.7. The van der Waals surface area contributed by atoms with Crippen LogP contribution in [0.15, 0.2) is 36.7 Å². The lowest BCUT2D eigenvalue weighted by molar-refractivity contribution is -0.112. The number of carbonyl (C=O) groups excluding carboxylic acids is 1. The van der Waals surface area contributed by atoms with Crippen molar-refractivity contribution >= 4 is 17.9 Å². The van der Waals surface area contributed by atoms with Gasteiger partial charge in [0.2, 0.25) is 0 Å². The molecule has 1 N–H and O–H groups in total. The fourth-order valence-electron chi connectivity index (χ4n) is 5.64. The summed E-state index contributed by atoms with van der Waals surface area (Å²) >= 11 is 6.89. The maximum absolute atomic E-state index is 12.0. The molecule has 1 saturated carbocycles. The monoisotopic (exact) mass is 423 g/mol. The smallest absolute Gasteiger partial charge is 0.141 e. The standard InChI is InChI=1S/C25H30ClN3O/c1-25(19-4-8-27-9-5-19,20-6-10-28-11-7-20)21-12-18-15-29(14-17-2-3-17)23(16-30)24(18)22(26)13-21/h4-5,8-9,12-13,16-17,20,23,28H,2-3,6-7,10-11,14-15H2,1H3. The number of nitrogens with one attached hydrogen (secondary N) is 1. The van der Waals surface area contributed by atoms with E-state index in [1.165, 1.54) is 29.5 Å². The van der Waals surface area contributed by atoms with Crippen LogP contribution in [-0.4, -0.2) is 35.8 Å². The number of piperidine rings is 1. The Morgan fingerprint density at radius 2 is 1.90 bits per heavy atom. The number of nitrogens with zero attached hydrogens (tertiary/aromatic N) is 2. The molecule has 1 aromatic heterocycles. The van der Waals surface area contributed by atoms with E-state index in [0.29, 0.717) is 5.92 Å². The zero-order valence-electron chi connectivity index (χ0n) is 17.6.